The van der Waals surface area contributed by atoms with Gasteiger partial charge in [-0.2, -0.15) is 18.3 Å². The highest BCUT2D eigenvalue weighted by Gasteiger charge is 2.39. The second-order valence-electron chi connectivity index (χ2n) is 9.07. The number of hydrogen-bond donors (Lipinski definition) is 1. The third-order valence-electron chi connectivity index (χ3n) is 7.05. The van der Waals surface area contributed by atoms with Crippen LogP contribution in [0.5, 0.6) is 0 Å². The van der Waals surface area contributed by atoms with E-state index in [1.165, 1.54) is 4.52 Å². The number of carbonyl (C=O) groups is 1. The molecule has 2 aliphatic heterocycles. The topological polar surface area (TPSA) is 89.0 Å². The first-order valence-electron chi connectivity index (χ1n) is 11.5. The Bertz CT molecular complexity index is 1150. The van der Waals surface area contributed by atoms with Crippen molar-refractivity contribution < 1.29 is 22.7 Å². The number of nitrogens with zero attached hydrogens (tertiary/aromatic N) is 5. The van der Waals surface area contributed by atoms with Crippen molar-refractivity contribution in [1.29, 1.82) is 0 Å². The standard InChI is InChI=1S/C23H27F3N6O2/c1-34-19-7-6-15(18-10-17(23(24,25)26)20-21(27)28-13-29-32(18)20)11-31(19)16-8-9-30(12-16)22(33)14-4-2-3-5-14/h6-7,10-11,13-14,16,19H,2-5,8-9,12H2,1H3,(H2,27,28,29)/t16-,19?/m0/s1. The van der Waals surface area contributed by atoms with Crippen LogP contribution >= 0.6 is 0 Å². The van der Waals surface area contributed by atoms with E-state index in [0.29, 0.717) is 18.7 Å². The van der Waals surface area contributed by atoms with Gasteiger partial charge in [0, 0.05) is 37.9 Å². The molecule has 0 radical (unpaired) electrons. The number of rotatable bonds is 4. The maximum absolute atomic E-state index is 13.7. The molecule has 2 atom stereocenters. The maximum Gasteiger partial charge on any atom is 0.418 e. The van der Waals surface area contributed by atoms with E-state index in [2.05, 4.69) is 10.1 Å². The van der Waals surface area contributed by atoms with Gasteiger partial charge in [0.25, 0.3) is 0 Å². The van der Waals surface area contributed by atoms with E-state index in [4.69, 9.17) is 10.5 Å². The van der Waals surface area contributed by atoms with Crippen molar-refractivity contribution in [1.82, 2.24) is 24.4 Å². The molecular weight excluding hydrogens is 449 g/mol. The zero-order valence-corrected chi connectivity index (χ0v) is 18.8. The molecule has 1 amide bonds. The van der Waals surface area contributed by atoms with E-state index >= 15 is 0 Å². The Balaban J connectivity index is 1.47. The number of carbonyl (C=O) groups excluding carboxylic acids is 1. The largest absolute Gasteiger partial charge is 0.418 e. The van der Waals surface area contributed by atoms with Crippen LogP contribution in [-0.2, 0) is 15.7 Å². The van der Waals surface area contributed by atoms with Crippen LogP contribution in [0.2, 0.25) is 0 Å². The van der Waals surface area contributed by atoms with Crippen LogP contribution in [0.3, 0.4) is 0 Å². The average molecular weight is 477 g/mol. The molecule has 0 bridgehead atoms. The van der Waals surface area contributed by atoms with Crippen LogP contribution in [0.15, 0.2) is 30.7 Å². The quantitative estimate of drug-likeness (QED) is 0.729. The SMILES string of the molecule is COC1C=CC(c2cc(C(F)(F)F)c3c(N)ncnn23)=CN1[C@H]1CCN(C(=O)C2CCCC2)C1. The lowest BCUT2D eigenvalue weighted by Gasteiger charge is -2.35. The Morgan fingerprint density at radius 1 is 1.24 bits per heavy atom. The third kappa shape index (κ3) is 3.91. The molecule has 0 aromatic carbocycles. The number of allylic oxidation sites excluding steroid dienone is 2. The van der Waals surface area contributed by atoms with Gasteiger partial charge in [0.15, 0.2) is 5.82 Å². The summed E-state index contributed by atoms with van der Waals surface area (Å²) in [5.74, 6) is 0.0880. The van der Waals surface area contributed by atoms with Crippen LogP contribution < -0.4 is 5.73 Å². The number of ether oxygens (including phenoxy) is 1. The van der Waals surface area contributed by atoms with Crippen LogP contribution in [0.25, 0.3) is 11.1 Å². The van der Waals surface area contributed by atoms with Crippen molar-refractivity contribution in [3.8, 4) is 0 Å². The number of anilines is 1. The fourth-order valence-corrected chi connectivity index (χ4v) is 5.33. The number of nitrogen functional groups attached to an aromatic ring is 1. The van der Waals surface area contributed by atoms with Gasteiger partial charge >= 0.3 is 6.18 Å². The molecule has 3 aliphatic rings. The highest BCUT2D eigenvalue weighted by molar-refractivity contribution is 5.81. The van der Waals surface area contributed by atoms with Gasteiger partial charge in [-0.3, -0.25) is 4.79 Å². The van der Waals surface area contributed by atoms with Crippen molar-refractivity contribution >= 4 is 22.8 Å². The molecule has 1 unspecified atom stereocenters. The lowest BCUT2D eigenvalue weighted by molar-refractivity contribution is -0.136. The van der Waals surface area contributed by atoms with Crippen LogP contribution in [0, 0.1) is 5.92 Å². The lowest BCUT2D eigenvalue weighted by Crippen LogP contribution is -2.43. The molecule has 2 aromatic rings. The molecule has 0 spiro atoms. The summed E-state index contributed by atoms with van der Waals surface area (Å²) in [6, 6.07) is 1.04. The smallest absolute Gasteiger partial charge is 0.382 e. The Morgan fingerprint density at radius 2 is 2.00 bits per heavy atom. The van der Waals surface area contributed by atoms with Crippen LogP contribution in [-0.4, -0.2) is 62.8 Å². The third-order valence-corrected chi connectivity index (χ3v) is 7.05. The molecule has 1 saturated heterocycles. The Kier molecular flexibility index (Phi) is 5.75. The van der Waals surface area contributed by atoms with E-state index in [9.17, 15) is 18.0 Å². The minimum absolute atomic E-state index is 0.0109. The molecule has 8 nitrogen and oxygen atoms in total. The van der Waals surface area contributed by atoms with Gasteiger partial charge in [-0.15, -0.1) is 0 Å². The number of aromatic nitrogens is 3. The predicted octanol–water partition coefficient (Wildman–Crippen LogP) is 3.31. The van der Waals surface area contributed by atoms with Crippen LogP contribution in [0.1, 0.15) is 43.4 Å². The number of fused-ring (bicyclic) bond motifs is 1. The summed E-state index contributed by atoms with van der Waals surface area (Å²) in [7, 11) is 1.58. The van der Waals surface area contributed by atoms with Crippen molar-refractivity contribution in [2.75, 3.05) is 25.9 Å². The second kappa shape index (κ2) is 8.61. The molecule has 2 aromatic heterocycles. The predicted molar refractivity (Wildman–Crippen MR) is 119 cm³/mol. The molecule has 182 valence electrons. The zero-order chi connectivity index (χ0) is 24.0. The molecule has 1 aliphatic carbocycles. The van der Waals surface area contributed by atoms with Crippen molar-refractivity contribution in [2.45, 2.75) is 50.6 Å². The summed E-state index contributed by atoms with van der Waals surface area (Å²) < 4.78 is 48.0. The summed E-state index contributed by atoms with van der Waals surface area (Å²) in [5, 5.41) is 4.04. The van der Waals surface area contributed by atoms with E-state index in [-0.39, 0.29) is 41.1 Å². The normalized spacial score (nSPS) is 23.8. The number of alkyl halides is 3. The molecule has 34 heavy (non-hydrogen) atoms. The summed E-state index contributed by atoms with van der Waals surface area (Å²) in [6.45, 7) is 1.22. The number of amides is 1. The van der Waals surface area contributed by atoms with Crippen molar-refractivity contribution in [2.24, 2.45) is 5.92 Å². The molecule has 4 heterocycles. The van der Waals surface area contributed by atoms with Crippen molar-refractivity contribution in [3.63, 3.8) is 0 Å². The minimum atomic E-state index is -4.61. The number of nitrogens with two attached hydrogens (primary N) is 1. The van der Waals surface area contributed by atoms with Gasteiger partial charge in [-0.1, -0.05) is 18.9 Å². The first-order valence-corrected chi connectivity index (χ1v) is 11.5. The minimum Gasteiger partial charge on any atom is -0.382 e. The molecule has 11 heteroatoms. The molecular formula is C23H27F3N6O2. The summed E-state index contributed by atoms with van der Waals surface area (Å²) in [4.78, 5) is 20.5. The number of hydrogen-bond acceptors (Lipinski definition) is 6. The van der Waals surface area contributed by atoms with Gasteiger partial charge in [0.1, 0.15) is 18.1 Å². The highest BCUT2D eigenvalue weighted by atomic mass is 19.4. The number of halogens is 3. The Morgan fingerprint density at radius 3 is 2.71 bits per heavy atom. The Hall–Kier alpha value is -3.08. The van der Waals surface area contributed by atoms with E-state index in [1.54, 1.807) is 25.5 Å². The van der Waals surface area contributed by atoms with Gasteiger partial charge in [-0.05, 0) is 31.4 Å². The molecule has 1 saturated carbocycles. The van der Waals surface area contributed by atoms with Crippen LogP contribution in [0.4, 0.5) is 19.0 Å². The van der Waals surface area contributed by atoms with E-state index < -0.39 is 11.7 Å². The molecule has 5 rings (SSSR count). The highest BCUT2D eigenvalue weighted by Crippen LogP contribution is 2.39. The number of likely N-dealkylation sites (tertiary alicyclic amines) is 1. The summed E-state index contributed by atoms with van der Waals surface area (Å²) >= 11 is 0. The fraction of sp³-hybridized carbons (Fsp3) is 0.522. The first kappa shape index (κ1) is 22.7. The molecule has 2 N–H and O–H groups in total. The summed E-state index contributed by atoms with van der Waals surface area (Å²) in [5.41, 5.74) is 5.42. The first-order chi connectivity index (χ1) is 16.3. The van der Waals surface area contributed by atoms with Gasteiger partial charge in [0.2, 0.25) is 5.91 Å². The van der Waals surface area contributed by atoms with E-state index in [0.717, 1.165) is 44.5 Å². The van der Waals surface area contributed by atoms with Crippen molar-refractivity contribution in [3.05, 3.63) is 42.0 Å². The second-order valence-corrected chi connectivity index (χ2v) is 9.07. The lowest BCUT2D eigenvalue weighted by atomic mass is 10.1. The van der Waals surface area contributed by atoms with E-state index in [1.807, 2.05) is 9.80 Å². The summed E-state index contributed by atoms with van der Waals surface area (Å²) in [6.07, 6.45) is 6.31. The van der Waals surface area contributed by atoms with Gasteiger partial charge in [0.05, 0.1) is 17.3 Å². The van der Waals surface area contributed by atoms with Gasteiger partial charge < -0.3 is 20.3 Å². The fourth-order valence-electron chi connectivity index (χ4n) is 5.33. The van der Waals surface area contributed by atoms with Gasteiger partial charge in [-0.25, -0.2) is 9.50 Å². The maximum atomic E-state index is 13.7. The monoisotopic (exact) mass is 476 g/mol. The molecule has 2 fully saturated rings. The average Bonchev–Trinajstić information content (AvgIpc) is 3.58. The zero-order valence-electron chi connectivity index (χ0n) is 18.8. The Labute approximate surface area is 194 Å². The number of methoxy groups -OCH3 is 1.